The predicted octanol–water partition coefficient (Wildman–Crippen LogP) is 1.07. The molecular weight excluding hydrogens is 190 g/mol. The average molecular weight is 209 g/mol. The third kappa shape index (κ3) is 4.85. The second-order valence-corrected chi connectivity index (χ2v) is 3.52. The second kappa shape index (κ2) is 7.31. The van der Waals surface area contributed by atoms with E-state index in [-0.39, 0.29) is 6.61 Å². The lowest BCUT2D eigenvalue weighted by atomic mass is 10.3. The molecule has 15 heavy (non-hydrogen) atoms. The summed E-state index contributed by atoms with van der Waals surface area (Å²) >= 11 is 0. The normalized spacial score (nSPS) is 10.9. The van der Waals surface area contributed by atoms with Crippen LogP contribution in [0.2, 0.25) is 0 Å². The molecule has 0 atom stereocenters. The van der Waals surface area contributed by atoms with Crippen molar-refractivity contribution >= 4 is 0 Å². The lowest BCUT2D eigenvalue weighted by molar-refractivity contribution is 0.185. The van der Waals surface area contributed by atoms with Crippen LogP contribution in [-0.2, 0) is 6.54 Å². The van der Waals surface area contributed by atoms with Crippen LogP contribution in [0.4, 0.5) is 0 Å². The average Bonchev–Trinajstić information content (AvgIpc) is 2.28. The Labute approximate surface area is 91.0 Å². The van der Waals surface area contributed by atoms with Gasteiger partial charge in [0.2, 0.25) is 0 Å². The number of unbranched alkanes of at least 4 members (excludes halogenated alkanes) is 1. The first-order chi connectivity index (χ1) is 7.36. The number of hydrogen-bond acceptors (Lipinski definition) is 4. The van der Waals surface area contributed by atoms with Crippen molar-refractivity contribution in [2.75, 3.05) is 19.7 Å². The van der Waals surface area contributed by atoms with Crippen molar-refractivity contribution in [3.05, 3.63) is 24.3 Å². The number of aliphatic hydroxyl groups is 1. The van der Waals surface area contributed by atoms with E-state index in [1.54, 1.807) is 12.4 Å². The van der Waals surface area contributed by atoms with Crippen molar-refractivity contribution in [3.63, 3.8) is 0 Å². The molecule has 0 amide bonds. The SMILES string of the molecule is CCCCN(CCO)Cc1ncccn1. The van der Waals surface area contributed by atoms with Crippen molar-refractivity contribution in [2.24, 2.45) is 0 Å². The van der Waals surface area contributed by atoms with Crippen LogP contribution in [0.15, 0.2) is 18.5 Å². The molecule has 1 rings (SSSR count). The third-order valence-corrected chi connectivity index (χ3v) is 2.23. The zero-order chi connectivity index (χ0) is 10.9. The van der Waals surface area contributed by atoms with Crippen LogP contribution < -0.4 is 0 Å². The molecule has 4 heteroatoms. The summed E-state index contributed by atoms with van der Waals surface area (Å²) in [6, 6.07) is 1.81. The van der Waals surface area contributed by atoms with Crippen molar-refractivity contribution < 1.29 is 5.11 Å². The molecule has 84 valence electrons. The predicted molar refractivity (Wildman–Crippen MR) is 59.3 cm³/mol. The molecule has 4 nitrogen and oxygen atoms in total. The van der Waals surface area contributed by atoms with E-state index in [1.165, 1.54) is 0 Å². The van der Waals surface area contributed by atoms with Gasteiger partial charge >= 0.3 is 0 Å². The van der Waals surface area contributed by atoms with Crippen LogP contribution in [0.25, 0.3) is 0 Å². The van der Waals surface area contributed by atoms with E-state index < -0.39 is 0 Å². The molecule has 0 saturated carbocycles. The summed E-state index contributed by atoms with van der Waals surface area (Å²) in [7, 11) is 0. The van der Waals surface area contributed by atoms with Gasteiger partial charge in [-0.1, -0.05) is 13.3 Å². The van der Waals surface area contributed by atoms with Gasteiger partial charge in [-0.05, 0) is 19.0 Å². The lowest BCUT2D eigenvalue weighted by Gasteiger charge is -2.19. The van der Waals surface area contributed by atoms with Gasteiger partial charge in [-0.3, -0.25) is 4.90 Å². The summed E-state index contributed by atoms with van der Waals surface area (Å²) in [6.07, 6.45) is 5.81. The Kier molecular flexibility index (Phi) is 5.88. The first-order valence-electron chi connectivity index (χ1n) is 5.46. The van der Waals surface area contributed by atoms with E-state index in [0.717, 1.165) is 31.8 Å². The fourth-order valence-electron chi connectivity index (χ4n) is 1.40. The number of aliphatic hydroxyl groups excluding tert-OH is 1. The summed E-state index contributed by atoms with van der Waals surface area (Å²) < 4.78 is 0. The van der Waals surface area contributed by atoms with Gasteiger partial charge in [-0.25, -0.2) is 9.97 Å². The van der Waals surface area contributed by atoms with Crippen molar-refractivity contribution in [1.29, 1.82) is 0 Å². The third-order valence-electron chi connectivity index (χ3n) is 2.23. The minimum atomic E-state index is 0.191. The highest BCUT2D eigenvalue weighted by Crippen LogP contribution is 2.00. The maximum Gasteiger partial charge on any atom is 0.142 e. The van der Waals surface area contributed by atoms with Crippen molar-refractivity contribution in [1.82, 2.24) is 14.9 Å². The highest BCUT2D eigenvalue weighted by atomic mass is 16.3. The molecule has 0 aromatic carbocycles. The molecular formula is C11H19N3O. The Hall–Kier alpha value is -1.00. The van der Waals surface area contributed by atoms with E-state index in [9.17, 15) is 0 Å². The van der Waals surface area contributed by atoms with Gasteiger partial charge in [0.15, 0.2) is 0 Å². The van der Waals surface area contributed by atoms with Crippen LogP contribution in [0.1, 0.15) is 25.6 Å². The Balaban J connectivity index is 2.43. The van der Waals surface area contributed by atoms with E-state index in [1.807, 2.05) is 6.07 Å². The van der Waals surface area contributed by atoms with Gasteiger partial charge in [0.25, 0.3) is 0 Å². The summed E-state index contributed by atoms with van der Waals surface area (Å²) in [6.45, 7) is 4.77. The molecule has 1 heterocycles. The van der Waals surface area contributed by atoms with E-state index >= 15 is 0 Å². The fraction of sp³-hybridized carbons (Fsp3) is 0.636. The molecule has 1 aromatic rings. The Bertz CT molecular complexity index is 253. The van der Waals surface area contributed by atoms with Gasteiger partial charge in [0.05, 0.1) is 13.2 Å². The number of rotatable bonds is 7. The summed E-state index contributed by atoms with van der Waals surface area (Å²) in [5.41, 5.74) is 0. The van der Waals surface area contributed by atoms with Gasteiger partial charge in [-0.2, -0.15) is 0 Å². The molecule has 1 aromatic heterocycles. The fourth-order valence-corrected chi connectivity index (χ4v) is 1.40. The smallest absolute Gasteiger partial charge is 0.142 e. The van der Waals surface area contributed by atoms with E-state index in [0.29, 0.717) is 6.54 Å². The molecule has 1 N–H and O–H groups in total. The molecule has 0 radical (unpaired) electrons. The highest BCUT2D eigenvalue weighted by Gasteiger charge is 2.05. The van der Waals surface area contributed by atoms with Gasteiger partial charge in [0.1, 0.15) is 5.82 Å². The van der Waals surface area contributed by atoms with Crippen molar-refractivity contribution in [2.45, 2.75) is 26.3 Å². The topological polar surface area (TPSA) is 49.2 Å². The quantitative estimate of drug-likeness (QED) is 0.730. The zero-order valence-electron chi connectivity index (χ0n) is 9.26. The Morgan fingerprint density at radius 3 is 2.60 bits per heavy atom. The first kappa shape index (κ1) is 12.1. The number of hydrogen-bond donors (Lipinski definition) is 1. The van der Waals surface area contributed by atoms with Crippen LogP contribution >= 0.6 is 0 Å². The van der Waals surface area contributed by atoms with Gasteiger partial charge in [0, 0.05) is 18.9 Å². The molecule has 0 aliphatic carbocycles. The minimum Gasteiger partial charge on any atom is -0.395 e. The standard InChI is InChI=1S/C11H19N3O/c1-2-3-7-14(8-9-15)10-11-12-5-4-6-13-11/h4-6,15H,2-3,7-10H2,1H3. The molecule has 0 bridgehead atoms. The molecule has 0 fully saturated rings. The van der Waals surface area contributed by atoms with Crippen LogP contribution in [0, 0.1) is 0 Å². The highest BCUT2D eigenvalue weighted by molar-refractivity contribution is 4.88. The molecule has 0 aliphatic rings. The molecule has 0 saturated heterocycles. The minimum absolute atomic E-state index is 0.191. The molecule has 0 unspecified atom stereocenters. The number of nitrogens with zero attached hydrogens (tertiary/aromatic N) is 3. The Morgan fingerprint density at radius 1 is 1.27 bits per heavy atom. The second-order valence-electron chi connectivity index (χ2n) is 3.52. The van der Waals surface area contributed by atoms with Gasteiger partial charge < -0.3 is 5.11 Å². The first-order valence-corrected chi connectivity index (χ1v) is 5.46. The maximum absolute atomic E-state index is 8.93. The lowest BCUT2D eigenvalue weighted by Crippen LogP contribution is -2.28. The molecule has 0 spiro atoms. The van der Waals surface area contributed by atoms with Crippen LogP contribution in [0.3, 0.4) is 0 Å². The monoisotopic (exact) mass is 209 g/mol. The van der Waals surface area contributed by atoms with Crippen molar-refractivity contribution in [3.8, 4) is 0 Å². The van der Waals surface area contributed by atoms with E-state index in [4.69, 9.17) is 5.11 Å². The largest absolute Gasteiger partial charge is 0.395 e. The number of aromatic nitrogens is 2. The van der Waals surface area contributed by atoms with Crippen LogP contribution in [-0.4, -0.2) is 39.7 Å². The van der Waals surface area contributed by atoms with Crippen LogP contribution in [0.5, 0.6) is 0 Å². The van der Waals surface area contributed by atoms with Gasteiger partial charge in [-0.15, -0.1) is 0 Å². The summed E-state index contributed by atoms with van der Waals surface area (Å²) in [5, 5.41) is 8.93. The summed E-state index contributed by atoms with van der Waals surface area (Å²) in [5.74, 6) is 0.821. The maximum atomic E-state index is 8.93. The Morgan fingerprint density at radius 2 is 2.00 bits per heavy atom. The summed E-state index contributed by atoms with van der Waals surface area (Å²) in [4.78, 5) is 10.5. The molecule has 0 aliphatic heterocycles. The van der Waals surface area contributed by atoms with E-state index in [2.05, 4.69) is 21.8 Å². The zero-order valence-corrected chi connectivity index (χ0v) is 9.26.